The summed E-state index contributed by atoms with van der Waals surface area (Å²) in [4.78, 5) is 2.42. The van der Waals surface area contributed by atoms with Crippen LogP contribution in [-0.4, -0.2) is 14.2 Å². The summed E-state index contributed by atoms with van der Waals surface area (Å²) in [5, 5.41) is 0. The van der Waals surface area contributed by atoms with Crippen molar-refractivity contribution in [3.05, 3.63) is 45.6 Å². The van der Waals surface area contributed by atoms with E-state index in [0.717, 1.165) is 21.9 Å². The van der Waals surface area contributed by atoms with Gasteiger partial charge in [0.15, 0.2) is 0 Å². The number of nitrogens with one attached hydrogen (secondary N) is 1. The standard InChI is InChI=1S/C14H18N2O2S/c1-9-4-5-13(19-9)14(16-15)10-6-11(17-2)8-12(7-10)18-3/h4-8,14,16H,15H2,1-3H3. The fourth-order valence-corrected chi connectivity index (χ4v) is 2.91. The lowest BCUT2D eigenvalue weighted by atomic mass is 10.1. The SMILES string of the molecule is COc1cc(OC)cc(C(NN)c2ccc(C)s2)c1. The normalized spacial score (nSPS) is 12.2. The minimum absolute atomic E-state index is 0.0669. The lowest BCUT2D eigenvalue weighted by molar-refractivity contribution is 0.392. The van der Waals surface area contributed by atoms with Crippen molar-refractivity contribution in [1.29, 1.82) is 0 Å². The van der Waals surface area contributed by atoms with Crippen LogP contribution >= 0.6 is 11.3 Å². The molecule has 102 valence electrons. The second-order valence-electron chi connectivity index (χ2n) is 4.19. The molecule has 1 aromatic heterocycles. The molecule has 0 saturated heterocycles. The summed E-state index contributed by atoms with van der Waals surface area (Å²) < 4.78 is 10.6. The maximum atomic E-state index is 5.70. The Bertz CT molecular complexity index is 532. The monoisotopic (exact) mass is 278 g/mol. The first kappa shape index (κ1) is 13.9. The number of hydrogen-bond acceptors (Lipinski definition) is 5. The van der Waals surface area contributed by atoms with E-state index < -0.39 is 0 Å². The molecule has 0 aliphatic carbocycles. The number of hydrazine groups is 1. The van der Waals surface area contributed by atoms with Crippen LogP contribution < -0.4 is 20.7 Å². The molecule has 19 heavy (non-hydrogen) atoms. The van der Waals surface area contributed by atoms with Gasteiger partial charge in [-0.2, -0.15) is 0 Å². The van der Waals surface area contributed by atoms with E-state index in [9.17, 15) is 0 Å². The minimum Gasteiger partial charge on any atom is -0.497 e. The topological polar surface area (TPSA) is 56.5 Å². The number of ether oxygens (including phenoxy) is 2. The molecular weight excluding hydrogens is 260 g/mol. The average Bonchev–Trinajstić information content (AvgIpc) is 2.85. The quantitative estimate of drug-likeness (QED) is 0.652. The van der Waals surface area contributed by atoms with Gasteiger partial charge < -0.3 is 9.47 Å². The predicted octanol–water partition coefficient (Wildman–Crippen LogP) is 2.63. The Morgan fingerprint density at radius 3 is 2.16 bits per heavy atom. The Morgan fingerprint density at radius 1 is 1.11 bits per heavy atom. The molecule has 4 nitrogen and oxygen atoms in total. The van der Waals surface area contributed by atoms with Crippen LogP contribution in [0.2, 0.25) is 0 Å². The van der Waals surface area contributed by atoms with Crippen molar-refractivity contribution in [3.8, 4) is 11.5 Å². The first-order chi connectivity index (χ1) is 9.17. The number of methoxy groups -OCH3 is 2. The Balaban J connectivity index is 2.42. The van der Waals surface area contributed by atoms with Gasteiger partial charge in [0.2, 0.25) is 0 Å². The van der Waals surface area contributed by atoms with Crippen LogP contribution in [0.4, 0.5) is 0 Å². The Kier molecular flexibility index (Phi) is 4.42. The van der Waals surface area contributed by atoms with Crippen LogP contribution in [-0.2, 0) is 0 Å². The van der Waals surface area contributed by atoms with Gasteiger partial charge in [0.1, 0.15) is 11.5 Å². The maximum Gasteiger partial charge on any atom is 0.122 e. The van der Waals surface area contributed by atoms with E-state index in [1.165, 1.54) is 4.88 Å². The molecule has 0 aliphatic heterocycles. The van der Waals surface area contributed by atoms with Gasteiger partial charge in [-0.15, -0.1) is 11.3 Å². The van der Waals surface area contributed by atoms with Crippen molar-refractivity contribution in [2.24, 2.45) is 5.84 Å². The van der Waals surface area contributed by atoms with Crippen molar-refractivity contribution in [2.45, 2.75) is 13.0 Å². The van der Waals surface area contributed by atoms with Crippen molar-refractivity contribution in [1.82, 2.24) is 5.43 Å². The smallest absolute Gasteiger partial charge is 0.122 e. The zero-order chi connectivity index (χ0) is 13.8. The van der Waals surface area contributed by atoms with Crippen molar-refractivity contribution >= 4 is 11.3 Å². The largest absolute Gasteiger partial charge is 0.497 e. The third-order valence-corrected chi connectivity index (χ3v) is 3.98. The van der Waals surface area contributed by atoms with Gasteiger partial charge >= 0.3 is 0 Å². The summed E-state index contributed by atoms with van der Waals surface area (Å²) in [6, 6.07) is 9.86. The predicted molar refractivity (Wildman–Crippen MR) is 77.8 cm³/mol. The maximum absolute atomic E-state index is 5.70. The minimum atomic E-state index is -0.0669. The molecule has 5 heteroatoms. The molecule has 2 rings (SSSR count). The number of aryl methyl sites for hydroxylation is 1. The summed E-state index contributed by atoms with van der Waals surface area (Å²) in [5.41, 5.74) is 3.86. The van der Waals surface area contributed by atoms with E-state index in [2.05, 4.69) is 24.5 Å². The zero-order valence-corrected chi connectivity index (χ0v) is 12.1. The lowest BCUT2D eigenvalue weighted by Gasteiger charge is -2.17. The Morgan fingerprint density at radius 2 is 1.74 bits per heavy atom. The van der Waals surface area contributed by atoms with Crippen molar-refractivity contribution in [3.63, 3.8) is 0 Å². The van der Waals surface area contributed by atoms with E-state index in [4.69, 9.17) is 15.3 Å². The number of hydrogen-bond donors (Lipinski definition) is 2. The molecular formula is C14H18N2O2S. The third-order valence-electron chi connectivity index (χ3n) is 2.92. The summed E-state index contributed by atoms with van der Waals surface area (Å²) >= 11 is 1.72. The highest BCUT2D eigenvalue weighted by atomic mass is 32.1. The molecule has 0 saturated carbocycles. The fraction of sp³-hybridized carbons (Fsp3) is 0.286. The molecule has 1 heterocycles. The van der Waals surface area contributed by atoms with Crippen LogP contribution in [0, 0.1) is 6.92 Å². The number of nitrogens with two attached hydrogens (primary N) is 1. The molecule has 0 aliphatic rings. The second kappa shape index (κ2) is 6.06. The summed E-state index contributed by atoms with van der Waals surface area (Å²) in [7, 11) is 3.28. The van der Waals surface area contributed by atoms with E-state index >= 15 is 0 Å². The van der Waals surface area contributed by atoms with Crippen LogP contribution in [0.15, 0.2) is 30.3 Å². The first-order valence-electron chi connectivity index (χ1n) is 5.93. The van der Waals surface area contributed by atoms with Gasteiger partial charge in [-0.3, -0.25) is 5.84 Å². The zero-order valence-electron chi connectivity index (χ0n) is 11.3. The highest BCUT2D eigenvalue weighted by molar-refractivity contribution is 7.12. The van der Waals surface area contributed by atoms with Crippen LogP contribution in [0.3, 0.4) is 0 Å². The first-order valence-corrected chi connectivity index (χ1v) is 6.75. The van der Waals surface area contributed by atoms with Crippen LogP contribution in [0.25, 0.3) is 0 Å². The summed E-state index contributed by atoms with van der Waals surface area (Å²) in [6.45, 7) is 2.08. The molecule has 1 aromatic carbocycles. The van der Waals surface area contributed by atoms with Gasteiger partial charge in [-0.05, 0) is 36.8 Å². The average molecular weight is 278 g/mol. The summed E-state index contributed by atoms with van der Waals surface area (Å²) in [6.07, 6.45) is 0. The Labute approximate surface area is 117 Å². The number of benzene rings is 1. The van der Waals surface area contributed by atoms with Gasteiger partial charge in [0.25, 0.3) is 0 Å². The summed E-state index contributed by atoms with van der Waals surface area (Å²) in [5.74, 6) is 7.21. The molecule has 1 unspecified atom stereocenters. The van der Waals surface area contributed by atoms with Gasteiger partial charge in [-0.25, -0.2) is 5.43 Å². The van der Waals surface area contributed by atoms with E-state index in [-0.39, 0.29) is 6.04 Å². The molecule has 3 N–H and O–H groups in total. The van der Waals surface area contributed by atoms with Crippen molar-refractivity contribution in [2.75, 3.05) is 14.2 Å². The van der Waals surface area contributed by atoms with Crippen molar-refractivity contribution < 1.29 is 9.47 Å². The molecule has 0 spiro atoms. The third kappa shape index (κ3) is 3.07. The molecule has 0 radical (unpaired) electrons. The lowest BCUT2D eigenvalue weighted by Crippen LogP contribution is -2.28. The van der Waals surface area contributed by atoms with Gasteiger partial charge in [-0.1, -0.05) is 0 Å². The second-order valence-corrected chi connectivity index (χ2v) is 5.51. The number of thiophene rings is 1. The molecule has 0 bridgehead atoms. The molecule has 2 aromatic rings. The fourth-order valence-electron chi connectivity index (χ4n) is 1.95. The van der Waals surface area contributed by atoms with Crippen LogP contribution in [0.5, 0.6) is 11.5 Å². The Hall–Kier alpha value is -1.56. The molecule has 1 atom stereocenters. The highest BCUT2D eigenvalue weighted by Crippen LogP contribution is 2.32. The van der Waals surface area contributed by atoms with E-state index in [1.54, 1.807) is 25.6 Å². The van der Waals surface area contributed by atoms with Gasteiger partial charge in [0, 0.05) is 15.8 Å². The van der Waals surface area contributed by atoms with Gasteiger partial charge in [0.05, 0.1) is 20.3 Å². The molecule has 0 amide bonds. The number of rotatable bonds is 5. The van der Waals surface area contributed by atoms with Crippen LogP contribution in [0.1, 0.15) is 21.4 Å². The van der Waals surface area contributed by atoms with E-state index in [1.807, 2.05) is 18.2 Å². The molecule has 0 fully saturated rings. The highest BCUT2D eigenvalue weighted by Gasteiger charge is 2.16. The van der Waals surface area contributed by atoms with E-state index in [0.29, 0.717) is 0 Å².